The topological polar surface area (TPSA) is 64.2 Å². The first-order chi connectivity index (χ1) is 8.72. The van der Waals surface area contributed by atoms with Crippen molar-refractivity contribution in [3.8, 4) is 0 Å². The maximum absolute atomic E-state index is 12.1. The summed E-state index contributed by atoms with van der Waals surface area (Å²) in [4.78, 5) is 14.0. The van der Waals surface area contributed by atoms with Crippen LogP contribution < -0.4 is 5.73 Å². The van der Waals surface area contributed by atoms with Gasteiger partial charge in [0.2, 0.25) is 5.91 Å². The molecule has 106 valence electrons. The fourth-order valence-electron chi connectivity index (χ4n) is 2.34. The van der Waals surface area contributed by atoms with Crippen LogP contribution in [-0.4, -0.2) is 39.7 Å². The standard InChI is InChI=1S/C13H20N4O.ClH/c1-16-11(7-8-15-16)5-6-13(18)17-9-3-2-4-12(17)10-14;/h5-8,12H,2-4,9-10,14H2,1H3;1H. The summed E-state index contributed by atoms with van der Waals surface area (Å²) in [6.45, 7) is 1.36. The number of likely N-dealkylation sites (tertiary alicyclic amines) is 1. The molecule has 1 aromatic heterocycles. The van der Waals surface area contributed by atoms with E-state index in [0.29, 0.717) is 6.54 Å². The summed E-state index contributed by atoms with van der Waals surface area (Å²) in [5, 5.41) is 4.06. The highest BCUT2D eigenvalue weighted by atomic mass is 35.5. The number of carbonyl (C=O) groups is 1. The summed E-state index contributed by atoms with van der Waals surface area (Å²) in [6.07, 6.45) is 8.39. The Kier molecular flexibility index (Phi) is 6.05. The van der Waals surface area contributed by atoms with Crippen LogP contribution in [0.3, 0.4) is 0 Å². The van der Waals surface area contributed by atoms with Crippen molar-refractivity contribution in [1.29, 1.82) is 0 Å². The molecule has 0 aliphatic carbocycles. The zero-order chi connectivity index (χ0) is 13.0. The number of carbonyl (C=O) groups excluding carboxylic acids is 1. The third-order valence-corrected chi connectivity index (χ3v) is 3.44. The van der Waals surface area contributed by atoms with E-state index in [9.17, 15) is 4.79 Å². The average molecular weight is 285 g/mol. The first-order valence-electron chi connectivity index (χ1n) is 6.39. The van der Waals surface area contributed by atoms with Gasteiger partial charge in [-0.15, -0.1) is 12.4 Å². The smallest absolute Gasteiger partial charge is 0.246 e. The molecule has 1 fully saturated rings. The molecule has 1 atom stereocenters. The monoisotopic (exact) mass is 284 g/mol. The van der Waals surface area contributed by atoms with E-state index in [-0.39, 0.29) is 24.4 Å². The Labute approximate surface area is 119 Å². The van der Waals surface area contributed by atoms with Gasteiger partial charge in [-0.05, 0) is 31.4 Å². The Morgan fingerprint density at radius 2 is 2.37 bits per heavy atom. The molecule has 0 radical (unpaired) electrons. The predicted molar refractivity (Wildman–Crippen MR) is 77.9 cm³/mol. The number of aromatic nitrogens is 2. The minimum atomic E-state index is 0. The van der Waals surface area contributed by atoms with Crippen molar-refractivity contribution in [2.75, 3.05) is 13.1 Å². The summed E-state index contributed by atoms with van der Waals surface area (Å²) in [5.41, 5.74) is 6.64. The maximum atomic E-state index is 12.1. The lowest BCUT2D eigenvalue weighted by Gasteiger charge is -2.34. The highest BCUT2D eigenvalue weighted by molar-refractivity contribution is 5.91. The highest BCUT2D eigenvalue weighted by Crippen LogP contribution is 2.16. The van der Waals surface area contributed by atoms with Crippen molar-refractivity contribution in [2.24, 2.45) is 12.8 Å². The zero-order valence-corrected chi connectivity index (χ0v) is 12.0. The van der Waals surface area contributed by atoms with Gasteiger partial charge in [0, 0.05) is 38.5 Å². The molecule has 0 bridgehead atoms. The van der Waals surface area contributed by atoms with E-state index in [2.05, 4.69) is 5.10 Å². The molecule has 1 amide bonds. The molecular formula is C13H21ClN4O. The molecule has 19 heavy (non-hydrogen) atoms. The zero-order valence-electron chi connectivity index (χ0n) is 11.2. The first-order valence-corrected chi connectivity index (χ1v) is 6.39. The maximum Gasteiger partial charge on any atom is 0.246 e. The molecule has 0 spiro atoms. The van der Waals surface area contributed by atoms with Crippen molar-refractivity contribution >= 4 is 24.4 Å². The van der Waals surface area contributed by atoms with Crippen LogP contribution in [0.1, 0.15) is 25.0 Å². The molecule has 1 unspecified atom stereocenters. The summed E-state index contributed by atoms with van der Waals surface area (Å²) in [5.74, 6) is 0.0475. The second kappa shape index (κ2) is 7.31. The fraction of sp³-hybridized carbons (Fsp3) is 0.538. The number of nitrogens with zero attached hydrogens (tertiary/aromatic N) is 3. The van der Waals surface area contributed by atoms with Crippen LogP contribution in [0.25, 0.3) is 6.08 Å². The van der Waals surface area contributed by atoms with Gasteiger partial charge in [0.25, 0.3) is 0 Å². The molecule has 0 aromatic carbocycles. The van der Waals surface area contributed by atoms with Crippen LogP contribution in [0.2, 0.25) is 0 Å². The van der Waals surface area contributed by atoms with Crippen LogP contribution in [0.15, 0.2) is 18.3 Å². The largest absolute Gasteiger partial charge is 0.335 e. The van der Waals surface area contributed by atoms with E-state index >= 15 is 0 Å². The van der Waals surface area contributed by atoms with Gasteiger partial charge in [-0.1, -0.05) is 0 Å². The molecule has 0 saturated carbocycles. The number of nitrogens with two attached hydrogens (primary N) is 1. The lowest BCUT2D eigenvalue weighted by Crippen LogP contribution is -2.46. The SMILES string of the molecule is Cl.Cn1nccc1C=CC(=O)N1CCCCC1CN. The Morgan fingerprint density at radius 3 is 3.00 bits per heavy atom. The van der Waals surface area contributed by atoms with Gasteiger partial charge in [-0.3, -0.25) is 9.48 Å². The molecule has 5 nitrogen and oxygen atoms in total. The Hall–Kier alpha value is -1.33. The first kappa shape index (κ1) is 15.7. The Morgan fingerprint density at radius 1 is 1.58 bits per heavy atom. The molecular weight excluding hydrogens is 264 g/mol. The minimum Gasteiger partial charge on any atom is -0.335 e. The fourth-order valence-corrected chi connectivity index (χ4v) is 2.34. The van der Waals surface area contributed by atoms with Crippen LogP contribution >= 0.6 is 12.4 Å². The van der Waals surface area contributed by atoms with Crippen molar-refractivity contribution in [3.63, 3.8) is 0 Å². The summed E-state index contributed by atoms with van der Waals surface area (Å²) in [6, 6.07) is 2.07. The quantitative estimate of drug-likeness (QED) is 0.848. The van der Waals surface area contributed by atoms with E-state index in [1.165, 1.54) is 0 Å². The van der Waals surface area contributed by atoms with E-state index in [4.69, 9.17) is 5.73 Å². The molecule has 2 heterocycles. The Balaban J connectivity index is 0.00000180. The van der Waals surface area contributed by atoms with Gasteiger partial charge in [0.15, 0.2) is 0 Å². The number of halogens is 1. The molecule has 2 rings (SSSR count). The minimum absolute atomic E-state index is 0. The molecule has 1 aromatic rings. The van der Waals surface area contributed by atoms with Gasteiger partial charge >= 0.3 is 0 Å². The van der Waals surface area contributed by atoms with Crippen molar-refractivity contribution in [2.45, 2.75) is 25.3 Å². The van der Waals surface area contributed by atoms with Crippen molar-refractivity contribution in [3.05, 3.63) is 24.0 Å². The normalized spacial score (nSPS) is 19.5. The Bertz CT molecular complexity index is 444. The van der Waals surface area contributed by atoms with E-state index in [1.54, 1.807) is 23.0 Å². The molecule has 1 aliphatic heterocycles. The van der Waals surface area contributed by atoms with Gasteiger partial charge in [-0.2, -0.15) is 5.10 Å². The second-order valence-electron chi connectivity index (χ2n) is 4.63. The number of aryl methyl sites for hydroxylation is 1. The summed E-state index contributed by atoms with van der Waals surface area (Å²) in [7, 11) is 1.85. The van der Waals surface area contributed by atoms with Crippen LogP contribution in [0.5, 0.6) is 0 Å². The van der Waals surface area contributed by atoms with Gasteiger partial charge in [0.05, 0.1) is 5.69 Å². The predicted octanol–water partition coefficient (Wildman–Crippen LogP) is 1.19. The summed E-state index contributed by atoms with van der Waals surface area (Å²) >= 11 is 0. The molecule has 6 heteroatoms. The third kappa shape index (κ3) is 3.81. The lowest BCUT2D eigenvalue weighted by atomic mass is 10.0. The van der Waals surface area contributed by atoms with Crippen LogP contribution in [-0.2, 0) is 11.8 Å². The number of amides is 1. The van der Waals surface area contributed by atoms with Crippen molar-refractivity contribution < 1.29 is 4.79 Å². The molecule has 1 aliphatic rings. The average Bonchev–Trinajstić information content (AvgIpc) is 2.81. The number of piperidine rings is 1. The highest BCUT2D eigenvalue weighted by Gasteiger charge is 2.23. The van der Waals surface area contributed by atoms with E-state index < -0.39 is 0 Å². The lowest BCUT2D eigenvalue weighted by molar-refractivity contribution is -0.129. The summed E-state index contributed by atoms with van der Waals surface area (Å²) < 4.78 is 1.74. The number of hydrogen-bond donors (Lipinski definition) is 1. The van der Waals surface area contributed by atoms with E-state index in [0.717, 1.165) is 31.5 Å². The van der Waals surface area contributed by atoms with Crippen LogP contribution in [0.4, 0.5) is 0 Å². The van der Waals surface area contributed by atoms with Gasteiger partial charge in [-0.25, -0.2) is 0 Å². The van der Waals surface area contributed by atoms with Gasteiger partial charge < -0.3 is 10.6 Å². The van der Waals surface area contributed by atoms with Crippen molar-refractivity contribution in [1.82, 2.24) is 14.7 Å². The number of hydrogen-bond acceptors (Lipinski definition) is 3. The number of rotatable bonds is 3. The molecule has 1 saturated heterocycles. The van der Waals surface area contributed by atoms with Crippen LogP contribution in [0, 0.1) is 0 Å². The van der Waals surface area contributed by atoms with E-state index in [1.807, 2.05) is 18.0 Å². The second-order valence-corrected chi connectivity index (χ2v) is 4.63. The third-order valence-electron chi connectivity index (χ3n) is 3.44. The molecule has 2 N–H and O–H groups in total. The van der Waals surface area contributed by atoms with Gasteiger partial charge in [0.1, 0.15) is 0 Å².